The molecule has 1 aliphatic heterocycles. The van der Waals surface area contributed by atoms with E-state index in [9.17, 15) is 14.9 Å². The zero-order valence-electron chi connectivity index (χ0n) is 11.0. The van der Waals surface area contributed by atoms with E-state index >= 15 is 0 Å². The first-order chi connectivity index (χ1) is 9.65. The minimum absolute atomic E-state index is 0.0203. The highest BCUT2D eigenvalue weighted by Gasteiger charge is 2.15. The van der Waals surface area contributed by atoms with Gasteiger partial charge in [-0.15, -0.1) is 0 Å². The predicted molar refractivity (Wildman–Crippen MR) is 72.3 cm³/mol. The van der Waals surface area contributed by atoms with Crippen molar-refractivity contribution in [3.8, 4) is 0 Å². The molecule has 1 amide bonds. The van der Waals surface area contributed by atoms with Gasteiger partial charge in [-0.1, -0.05) is 0 Å². The molecule has 7 nitrogen and oxygen atoms in total. The molecule has 1 aromatic carbocycles. The summed E-state index contributed by atoms with van der Waals surface area (Å²) in [7, 11) is 0. The van der Waals surface area contributed by atoms with Gasteiger partial charge >= 0.3 is 6.09 Å². The molecule has 0 spiro atoms. The fourth-order valence-electron chi connectivity index (χ4n) is 2.03. The Hall–Kier alpha value is -2.15. The van der Waals surface area contributed by atoms with Gasteiger partial charge in [0.05, 0.1) is 4.92 Å². The van der Waals surface area contributed by atoms with E-state index in [1.807, 2.05) is 0 Å². The topological polar surface area (TPSA) is 93.5 Å². The molecule has 2 rings (SSSR count). The number of nitro benzene ring substituents is 1. The molecule has 0 unspecified atom stereocenters. The van der Waals surface area contributed by atoms with Gasteiger partial charge in [0.25, 0.3) is 5.69 Å². The SMILES string of the molecule is O=C(NC[C@H]1CCNC1)OCc1ccc([N+](=O)[O-])cc1. The van der Waals surface area contributed by atoms with Crippen LogP contribution in [-0.4, -0.2) is 30.7 Å². The Bertz CT molecular complexity index is 469. The smallest absolute Gasteiger partial charge is 0.407 e. The van der Waals surface area contributed by atoms with Crippen LogP contribution in [0.5, 0.6) is 0 Å². The van der Waals surface area contributed by atoms with Crippen LogP contribution in [0.3, 0.4) is 0 Å². The molecule has 0 radical (unpaired) electrons. The Kier molecular flexibility index (Phi) is 4.89. The average molecular weight is 279 g/mol. The molecule has 0 bridgehead atoms. The second-order valence-corrected chi connectivity index (χ2v) is 4.74. The van der Waals surface area contributed by atoms with Crippen molar-refractivity contribution in [1.82, 2.24) is 10.6 Å². The molecule has 1 aromatic rings. The number of ether oxygens (including phenoxy) is 1. The number of nitro groups is 1. The molecule has 1 aliphatic rings. The molecular formula is C13H17N3O4. The summed E-state index contributed by atoms with van der Waals surface area (Å²) in [5, 5.41) is 16.4. The van der Waals surface area contributed by atoms with Crippen LogP contribution in [0.1, 0.15) is 12.0 Å². The van der Waals surface area contributed by atoms with Gasteiger partial charge in [-0.2, -0.15) is 0 Å². The third-order valence-electron chi connectivity index (χ3n) is 3.21. The van der Waals surface area contributed by atoms with E-state index in [-0.39, 0.29) is 12.3 Å². The molecule has 2 N–H and O–H groups in total. The lowest BCUT2D eigenvalue weighted by Gasteiger charge is -2.10. The highest BCUT2D eigenvalue weighted by molar-refractivity contribution is 5.67. The largest absolute Gasteiger partial charge is 0.445 e. The lowest BCUT2D eigenvalue weighted by molar-refractivity contribution is -0.384. The second kappa shape index (κ2) is 6.85. The van der Waals surface area contributed by atoms with Crippen LogP contribution in [-0.2, 0) is 11.3 Å². The lowest BCUT2D eigenvalue weighted by atomic mass is 10.1. The number of non-ortho nitro benzene ring substituents is 1. The van der Waals surface area contributed by atoms with Crippen LogP contribution in [0, 0.1) is 16.0 Å². The normalized spacial score (nSPS) is 17.7. The minimum Gasteiger partial charge on any atom is -0.445 e. The highest BCUT2D eigenvalue weighted by Crippen LogP contribution is 2.12. The Morgan fingerprint density at radius 2 is 2.20 bits per heavy atom. The average Bonchev–Trinajstić information content (AvgIpc) is 2.96. The third-order valence-corrected chi connectivity index (χ3v) is 3.21. The zero-order valence-corrected chi connectivity index (χ0v) is 11.0. The first kappa shape index (κ1) is 14.3. The molecule has 0 aliphatic carbocycles. The third kappa shape index (κ3) is 4.20. The molecule has 1 saturated heterocycles. The summed E-state index contributed by atoms with van der Waals surface area (Å²) in [6, 6.07) is 5.93. The molecule has 0 aromatic heterocycles. The summed E-state index contributed by atoms with van der Waals surface area (Å²) in [5.41, 5.74) is 0.736. The minimum atomic E-state index is -0.465. The lowest BCUT2D eigenvalue weighted by Crippen LogP contribution is -2.30. The monoisotopic (exact) mass is 279 g/mol. The van der Waals surface area contributed by atoms with E-state index < -0.39 is 11.0 Å². The van der Waals surface area contributed by atoms with Crippen molar-refractivity contribution in [3.63, 3.8) is 0 Å². The maximum Gasteiger partial charge on any atom is 0.407 e. The molecule has 1 fully saturated rings. The highest BCUT2D eigenvalue weighted by atomic mass is 16.6. The number of rotatable bonds is 5. The first-order valence-electron chi connectivity index (χ1n) is 6.50. The summed E-state index contributed by atoms with van der Waals surface area (Å²) in [5.74, 6) is 0.460. The molecular weight excluding hydrogens is 262 g/mol. The van der Waals surface area contributed by atoms with Crippen LogP contribution in [0.15, 0.2) is 24.3 Å². The Labute approximate surface area is 116 Å². The Morgan fingerprint density at radius 3 is 2.80 bits per heavy atom. The van der Waals surface area contributed by atoms with Gasteiger partial charge < -0.3 is 15.4 Å². The number of carbonyl (C=O) groups is 1. The number of alkyl carbamates (subject to hydrolysis) is 1. The van der Waals surface area contributed by atoms with Crippen molar-refractivity contribution in [3.05, 3.63) is 39.9 Å². The van der Waals surface area contributed by atoms with Crippen molar-refractivity contribution in [2.75, 3.05) is 19.6 Å². The van der Waals surface area contributed by atoms with Crippen LogP contribution >= 0.6 is 0 Å². The fraction of sp³-hybridized carbons (Fsp3) is 0.462. The van der Waals surface area contributed by atoms with E-state index in [2.05, 4.69) is 10.6 Å². The van der Waals surface area contributed by atoms with Gasteiger partial charge in [-0.25, -0.2) is 4.79 Å². The van der Waals surface area contributed by atoms with Crippen molar-refractivity contribution >= 4 is 11.8 Å². The summed E-state index contributed by atoms with van der Waals surface area (Å²) < 4.78 is 5.05. The number of benzene rings is 1. The molecule has 1 atom stereocenters. The zero-order chi connectivity index (χ0) is 14.4. The second-order valence-electron chi connectivity index (χ2n) is 4.74. The summed E-state index contributed by atoms with van der Waals surface area (Å²) in [4.78, 5) is 21.5. The number of carbonyl (C=O) groups excluding carboxylic acids is 1. The summed E-state index contributed by atoms with van der Waals surface area (Å²) >= 11 is 0. The molecule has 108 valence electrons. The summed E-state index contributed by atoms with van der Waals surface area (Å²) in [6.45, 7) is 2.62. The fourth-order valence-corrected chi connectivity index (χ4v) is 2.03. The molecule has 7 heteroatoms. The Morgan fingerprint density at radius 1 is 1.45 bits per heavy atom. The standard InChI is InChI=1S/C13H17N3O4/c17-13(15-8-11-5-6-14-7-11)20-9-10-1-3-12(4-2-10)16(18)19/h1-4,11,14H,5-9H2,(H,15,17)/t11-/m0/s1. The van der Waals surface area contributed by atoms with Gasteiger partial charge in [0.1, 0.15) is 6.61 Å². The predicted octanol–water partition coefficient (Wildman–Crippen LogP) is 1.43. The number of nitrogens with zero attached hydrogens (tertiary/aromatic N) is 1. The number of amides is 1. The molecule has 0 saturated carbocycles. The van der Waals surface area contributed by atoms with E-state index in [4.69, 9.17) is 4.74 Å². The van der Waals surface area contributed by atoms with Crippen molar-refractivity contribution in [2.24, 2.45) is 5.92 Å². The van der Waals surface area contributed by atoms with Crippen LogP contribution in [0.2, 0.25) is 0 Å². The quantitative estimate of drug-likeness (QED) is 0.628. The molecule has 20 heavy (non-hydrogen) atoms. The van der Waals surface area contributed by atoms with Crippen molar-refractivity contribution in [2.45, 2.75) is 13.0 Å². The maximum absolute atomic E-state index is 11.5. The first-order valence-corrected chi connectivity index (χ1v) is 6.50. The molecule has 1 heterocycles. The van der Waals surface area contributed by atoms with Crippen LogP contribution in [0.4, 0.5) is 10.5 Å². The van der Waals surface area contributed by atoms with Crippen LogP contribution < -0.4 is 10.6 Å². The van der Waals surface area contributed by atoms with Gasteiger partial charge in [-0.3, -0.25) is 10.1 Å². The van der Waals surface area contributed by atoms with E-state index in [0.29, 0.717) is 18.0 Å². The summed E-state index contributed by atoms with van der Waals surface area (Å²) in [6.07, 6.45) is 0.595. The van der Waals surface area contributed by atoms with E-state index in [0.717, 1.165) is 19.5 Å². The van der Waals surface area contributed by atoms with Crippen molar-refractivity contribution < 1.29 is 14.5 Å². The number of nitrogens with one attached hydrogen (secondary N) is 2. The number of hydrogen-bond acceptors (Lipinski definition) is 5. The van der Waals surface area contributed by atoms with Crippen LogP contribution in [0.25, 0.3) is 0 Å². The van der Waals surface area contributed by atoms with Gasteiger partial charge in [0, 0.05) is 18.7 Å². The number of hydrogen-bond donors (Lipinski definition) is 2. The maximum atomic E-state index is 11.5. The Balaban J connectivity index is 1.70. The van der Waals surface area contributed by atoms with E-state index in [1.165, 1.54) is 12.1 Å². The van der Waals surface area contributed by atoms with Gasteiger partial charge in [0.2, 0.25) is 0 Å². The van der Waals surface area contributed by atoms with Gasteiger partial charge in [0.15, 0.2) is 0 Å². The van der Waals surface area contributed by atoms with E-state index in [1.54, 1.807) is 12.1 Å². The van der Waals surface area contributed by atoms with Gasteiger partial charge in [-0.05, 0) is 43.1 Å². The van der Waals surface area contributed by atoms with Crippen molar-refractivity contribution in [1.29, 1.82) is 0 Å².